The van der Waals surface area contributed by atoms with Crippen molar-refractivity contribution in [1.82, 2.24) is 14.9 Å². The highest BCUT2D eigenvalue weighted by Crippen LogP contribution is 2.17. The van der Waals surface area contributed by atoms with Crippen LogP contribution in [0.25, 0.3) is 0 Å². The lowest BCUT2D eigenvalue weighted by Crippen LogP contribution is -2.49. The van der Waals surface area contributed by atoms with E-state index in [-0.39, 0.29) is 11.7 Å². The smallest absolute Gasteiger partial charge is 0.274 e. The first-order valence-electron chi connectivity index (χ1n) is 8.52. The average Bonchev–Trinajstić information content (AvgIpc) is 2.69. The Balaban J connectivity index is 1.53. The molecule has 26 heavy (non-hydrogen) atoms. The molecule has 0 atom stereocenters. The van der Waals surface area contributed by atoms with E-state index in [2.05, 4.69) is 20.2 Å². The van der Waals surface area contributed by atoms with Crippen molar-refractivity contribution in [2.45, 2.75) is 0 Å². The molecule has 3 rings (SSSR count). The number of carbonyl (C=O) groups excluding carboxylic acids is 1. The topological polar surface area (TPSA) is 70.6 Å². The molecule has 0 saturated carbocycles. The van der Waals surface area contributed by atoms with Gasteiger partial charge in [-0.05, 0) is 24.3 Å². The molecule has 1 aliphatic heterocycles. The van der Waals surface area contributed by atoms with E-state index in [1.807, 2.05) is 0 Å². The summed E-state index contributed by atoms with van der Waals surface area (Å²) >= 11 is 0. The fourth-order valence-corrected chi connectivity index (χ4v) is 2.79. The summed E-state index contributed by atoms with van der Waals surface area (Å²) in [5.41, 5.74) is 1.29. The maximum Gasteiger partial charge on any atom is 0.274 e. The molecule has 1 aromatic carbocycles. The summed E-state index contributed by atoms with van der Waals surface area (Å²) in [6.45, 7) is 3.77. The van der Waals surface area contributed by atoms with Crippen LogP contribution in [0.2, 0.25) is 0 Å². The molecular formula is C18H22FN5O2. The number of hydrogen-bond acceptors (Lipinski definition) is 6. The van der Waals surface area contributed by atoms with Crippen molar-refractivity contribution in [2.24, 2.45) is 0 Å². The summed E-state index contributed by atoms with van der Waals surface area (Å²) in [5.74, 6) is 0.237. The maximum absolute atomic E-state index is 13.0. The lowest BCUT2D eigenvalue weighted by molar-refractivity contribution is 0.0740. The van der Waals surface area contributed by atoms with Crippen molar-refractivity contribution in [3.8, 4) is 0 Å². The minimum absolute atomic E-state index is 0.125. The van der Waals surface area contributed by atoms with Crippen LogP contribution in [0.4, 0.5) is 15.9 Å². The summed E-state index contributed by atoms with van der Waals surface area (Å²) in [6.07, 6.45) is 3.04. The van der Waals surface area contributed by atoms with Gasteiger partial charge in [0.05, 0.1) is 19.0 Å². The minimum Gasteiger partial charge on any atom is -0.383 e. The molecule has 1 aromatic heterocycles. The van der Waals surface area contributed by atoms with Gasteiger partial charge >= 0.3 is 0 Å². The quantitative estimate of drug-likeness (QED) is 0.791. The number of aromatic nitrogens is 2. The highest BCUT2D eigenvalue weighted by Gasteiger charge is 2.23. The Bertz CT molecular complexity index is 715. The number of amides is 1. The van der Waals surface area contributed by atoms with Crippen LogP contribution in [0.5, 0.6) is 0 Å². The zero-order valence-corrected chi connectivity index (χ0v) is 14.7. The lowest BCUT2D eigenvalue weighted by atomic mass is 10.2. The maximum atomic E-state index is 13.0. The van der Waals surface area contributed by atoms with E-state index in [0.717, 1.165) is 5.69 Å². The highest BCUT2D eigenvalue weighted by molar-refractivity contribution is 5.92. The van der Waals surface area contributed by atoms with E-state index < -0.39 is 0 Å². The summed E-state index contributed by atoms with van der Waals surface area (Å²) in [4.78, 5) is 24.9. The normalized spacial score (nSPS) is 14.4. The standard InChI is InChI=1S/C18H22FN5O2/c1-26-11-6-20-17-13-21-16(12-22-17)18(25)24-9-7-23(8-10-24)15-4-2-14(19)3-5-15/h2-5,12-13H,6-11H2,1H3,(H,20,22). The number of ether oxygens (including phenoxy) is 1. The molecule has 0 spiro atoms. The van der Waals surface area contributed by atoms with Crippen LogP contribution in [0.3, 0.4) is 0 Å². The van der Waals surface area contributed by atoms with Gasteiger partial charge in [-0.2, -0.15) is 0 Å². The predicted octanol–water partition coefficient (Wildman–Crippen LogP) is 1.64. The Hall–Kier alpha value is -2.74. The molecule has 8 heteroatoms. The van der Waals surface area contributed by atoms with Crippen LogP contribution in [0, 0.1) is 5.82 Å². The number of nitrogens with one attached hydrogen (secondary N) is 1. The molecule has 1 fully saturated rings. The summed E-state index contributed by atoms with van der Waals surface area (Å²) in [5, 5.41) is 3.06. The Morgan fingerprint density at radius 1 is 1.15 bits per heavy atom. The zero-order valence-electron chi connectivity index (χ0n) is 14.7. The molecule has 138 valence electrons. The SMILES string of the molecule is COCCNc1cnc(C(=O)N2CCN(c3ccc(F)cc3)CC2)cn1. The van der Waals surface area contributed by atoms with Crippen LogP contribution in [0.1, 0.15) is 10.5 Å². The first-order valence-corrected chi connectivity index (χ1v) is 8.52. The molecule has 2 aromatic rings. The van der Waals surface area contributed by atoms with E-state index >= 15 is 0 Å². The summed E-state index contributed by atoms with van der Waals surface area (Å²) in [6, 6.07) is 6.41. The van der Waals surface area contributed by atoms with Crippen LogP contribution in [-0.4, -0.2) is 67.2 Å². The average molecular weight is 359 g/mol. The summed E-state index contributed by atoms with van der Waals surface area (Å²) < 4.78 is 18.0. The van der Waals surface area contributed by atoms with Crippen molar-refractivity contribution in [2.75, 3.05) is 56.7 Å². The number of nitrogens with zero attached hydrogens (tertiary/aromatic N) is 4. The number of methoxy groups -OCH3 is 1. The lowest BCUT2D eigenvalue weighted by Gasteiger charge is -2.35. The number of anilines is 2. The first kappa shape index (κ1) is 18.1. The van der Waals surface area contributed by atoms with Gasteiger partial charge in [0.15, 0.2) is 0 Å². The third kappa shape index (κ3) is 4.45. The Morgan fingerprint density at radius 2 is 1.88 bits per heavy atom. The summed E-state index contributed by atoms with van der Waals surface area (Å²) in [7, 11) is 1.63. The Kier molecular flexibility index (Phi) is 5.96. The molecule has 0 bridgehead atoms. The van der Waals surface area contributed by atoms with Gasteiger partial charge in [-0.1, -0.05) is 0 Å². The second kappa shape index (κ2) is 8.57. The van der Waals surface area contributed by atoms with Crippen molar-refractivity contribution in [1.29, 1.82) is 0 Å². The molecule has 1 saturated heterocycles. The molecule has 2 heterocycles. The van der Waals surface area contributed by atoms with Gasteiger partial charge in [-0.25, -0.2) is 14.4 Å². The monoisotopic (exact) mass is 359 g/mol. The minimum atomic E-state index is -0.249. The third-order valence-corrected chi connectivity index (χ3v) is 4.24. The second-order valence-corrected chi connectivity index (χ2v) is 5.96. The van der Waals surface area contributed by atoms with Gasteiger partial charge in [-0.15, -0.1) is 0 Å². The zero-order chi connectivity index (χ0) is 18.4. The molecule has 7 nitrogen and oxygen atoms in total. The largest absolute Gasteiger partial charge is 0.383 e. The molecule has 1 aliphatic rings. The van der Waals surface area contributed by atoms with E-state index in [9.17, 15) is 9.18 Å². The van der Waals surface area contributed by atoms with E-state index in [1.54, 1.807) is 30.3 Å². The number of halogens is 1. The van der Waals surface area contributed by atoms with Crippen molar-refractivity contribution in [3.05, 3.63) is 48.2 Å². The highest BCUT2D eigenvalue weighted by atomic mass is 19.1. The van der Waals surface area contributed by atoms with Gasteiger partial charge < -0.3 is 19.9 Å². The molecular weight excluding hydrogens is 337 g/mol. The van der Waals surface area contributed by atoms with Gasteiger partial charge in [0.25, 0.3) is 5.91 Å². The van der Waals surface area contributed by atoms with E-state index in [1.165, 1.54) is 18.3 Å². The van der Waals surface area contributed by atoms with Gasteiger partial charge in [-0.3, -0.25) is 4.79 Å². The fraction of sp³-hybridized carbons (Fsp3) is 0.389. The Labute approximate surface area is 151 Å². The predicted molar refractivity (Wildman–Crippen MR) is 96.9 cm³/mol. The van der Waals surface area contributed by atoms with Gasteiger partial charge in [0, 0.05) is 45.5 Å². The number of hydrogen-bond donors (Lipinski definition) is 1. The van der Waals surface area contributed by atoms with Crippen molar-refractivity contribution >= 4 is 17.4 Å². The van der Waals surface area contributed by atoms with Crippen LogP contribution in [0.15, 0.2) is 36.7 Å². The van der Waals surface area contributed by atoms with Crippen LogP contribution in [-0.2, 0) is 4.74 Å². The second-order valence-electron chi connectivity index (χ2n) is 5.96. The number of benzene rings is 1. The molecule has 1 N–H and O–H groups in total. The van der Waals surface area contributed by atoms with Crippen molar-refractivity contribution < 1.29 is 13.9 Å². The van der Waals surface area contributed by atoms with Gasteiger partial charge in [0.1, 0.15) is 17.3 Å². The van der Waals surface area contributed by atoms with Crippen LogP contribution < -0.4 is 10.2 Å². The number of carbonyl (C=O) groups is 1. The molecule has 0 unspecified atom stereocenters. The molecule has 0 aliphatic carbocycles. The molecule has 0 radical (unpaired) electrons. The Morgan fingerprint density at radius 3 is 2.50 bits per heavy atom. The number of rotatable bonds is 6. The first-order chi connectivity index (χ1) is 12.7. The third-order valence-electron chi connectivity index (χ3n) is 4.24. The molecule has 1 amide bonds. The van der Waals surface area contributed by atoms with Gasteiger partial charge in [0.2, 0.25) is 0 Å². The van der Waals surface area contributed by atoms with E-state index in [0.29, 0.717) is 50.8 Å². The van der Waals surface area contributed by atoms with Crippen LogP contribution >= 0.6 is 0 Å². The number of piperazine rings is 1. The van der Waals surface area contributed by atoms with Crippen molar-refractivity contribution in [3.63, 3.8) is 0 Å². The fourth-order valence-electron chi connectivity index (χ4n) is 2.79. The van der Waals surface area contributed by atoms with E-state index in [4.69, 9.17) is 4.74 Å².